The van der Waals surface area contributed by atoms with Crippen LogP contribution in [0.1, 0.15) is 30.6 Å². The van der Waals surface area contributed by atoms with Crippen LogP contribution in [0.15, 0.2) is 12.1 Å². The molecule has 1 rings (SSSR count). The van der Waals surface area contributed by atoms with Crippen LogP contribution < -0.4 is 14.2 Å². The summed E-state index contributed by atoms with van der Waals surface area (Å²) < 4.78 is 15.8. The molecule has 0 aromatic heterocycles. The molecule has 5 heteroatoms. The molecule has 0 aliphatic carbocycles. The summed E-state index contributed by atoms with van der Waals surface area (Å²) in [6.45, 7) is 3.84. The lowest BCUT2D eigenvalue weighted by atomic mass is 9.94. The van der Waals surface area contributed by atoms with Crippen molar-refractivity contribution in [3.05, 3.63) is 17.7 Å². The largest absolute Gasteiger partial charge is 0.496 e. The van der Waals surface area contributed by atoms with E-state index in [1.807, 2.05) is 13.8 Å². The second kappa shape index (κ2) is 6.25. The van der Waals surface area contributed by atoms with E-state index < -0.39 is 5.16 Å². The summed E-state index contributed by atoms with van der Waals surface area (Å²) in [5.41, 5.74) is 0.449. The Morgan fingerprint density at radius 2 is 1.63 bits per heavy atom. The smallest absolute Gasteiger partial charge is 0.179 e. The Kier molecular flexibility index (Phi) is 5.19. The van der Waals surface area contributed by atoms with Crippen LogP contribution in [0.5, 0.6) is 17.2 Å². The van der Waals surface area contributed by atoms with Crippen LogP contribution in [0.3, 0.4) is 0 Å². The highest BCUT2D eigenvalue weighted by Gasteiger charge is 2.32. The first-order valence-electron chi connectivity index (χ1n) is 6.05. The molecule has 0 spiro atoms. The monoisotopic (exact) mass is 284 g/mol. The lowest BCUT2D eigenvalue weighted by Gasteiger charge is -2.23. The minimum absolute atomic E-state index is 0.0312. The number of ketones is 1. The summed E-state index contributed by atoms with van der Waals surface area (Å²) in [6.07, 6.45) is 0.703. The molecule has 0 bridgehead atoms. The third kappa shape index (κ3) is 3.19. The summed E-state index contributed by atoms with van der Waals surface area (Å²) in [6, 6.07) is 3.37. The van der Waals surface area contributed by atoms with Gasteiger partial charge >= 0.3 is 0 Å². The second-order valence-corrected chi connectivity index (χ2v) is 5.78. The van der Waals surface area contributed by atoms with Gasteiger partial charge in [-0.3, -0.25) is 4.79 Å². The van der Waals surface area contributed by atoms with Gasteiger partial charge in [0.1, 0.15) is 22.8 Å². The van der Waals surface area contributed by atoms with Crippen molar-refractivity contribution in [2.24, 2.45) is 0 Å². The van der Waals surface area contributed by atoms with Crippen LogP contribution in [0, 0.1) is 0 Å². The van der Waals surface area contributed by atoms with Crippen molar-refractivity contribution in [3.63, 3.8) is 0 Å². The highest BCUT2D eigenvalue weighted by molar-refractivity contribution is 7.21. The van der Waals surface area contributed by atoms with Crippen LogP contribution in [0.25, 0.3) is 0 Å². The van der Waals surface area contributed by atoms with E-state index in [4.69, 9.17) is 14.2 Å². The molecule has 2 unspecified atom stereocenters. The molecule has 4 nitrogen and oxygen atoms in total. The maximum atomic E-state index is 12.6. The first kappa shape index (κ1) is 15.8. The van der Waals surface area contributed by atoms with Crippen LogP contribution in [-0.4, -0.2) is 32.3 Å². The van der Waals surface area contributed by atoms with Crippen molar-refractivity contribution in [1.29, 1.82) is 0 Å². The minimum Gasteiger partial charge on any atom is -0.496 e. The summed E-state index contributed by atoms with van der Waals surface area (Å²) in [4.78, 5) is 12.6. The fraction of sp³-hybridized carbons (Fsp3) is 0.500. The Balaban J connectivity index is 3.44. The average molecular weight is 284 g/mol. The zero-order valence-electron chi connectivity index (χ0n) is 12.1. The molecule has 0 aliphatic heterocycles. The Morgan fingerprint density at radius 3 is 1.95 bits per heavy atom. The molecule has 0 fully saturated rings. The van der Waals surface area contributed by atoms with Crippen molar-refractivity contribution in [2.75, 3.05) is 21.3 Å². The average Bonchev–Trinajstić information content (AvgIpc) is 2.44. The standard InChI is InChI=1S/C14H21O4P/c1-6-14(2,19)13(15)12-10(17-4)7-9(16-3)8-11(12)18-5/h7-8H,6,19H2,1-5H3. The van der Waals surface area contributed by atoms with Crippen molar-refractivity contribution in [2.45, 2.75) is 25.4 Å². The summed E-state index contributed by atoms with van der Waals surface area (Å²) in [5.74, 6) is 1.48. The molecule has 19 heavy (non-hydrogen) atoms. The first-order valence-corrected chi connectivity index (χ1v) is 6.62. The Labute approximate surface area is 116 Å². The number of carbonyl (C=O) groups excluding carboxylic acids is 1. The third-order valence-corrected chi connectivity index (χ3v) is 3.87. The molecule has 0 radical (unpaired) electrons. The van der Waals surface area contributed by atoms with Crippen molar-refractivity contribution >= 4 is 15.0 Å². The van der Waals surface area contributed by atoms with Crippen molar-refractivity contribution in [3.8, 4) is 17.2 Å². The van der Waals surface area contributed by atoms with E-state index in [1.54, 1.807) is 19.2 Å². The number of ether oxygens (including phenoxy) is 3. The zero-order valence-corrected chi connectivity index (χ0v) is 13.2. The molecule has 106 valence electrons. The normalized spacial score (nSPS) is 13.6. The molecule has 0 saturated heterocycles. The summed E-state index contributed by atoms with van der Waals surface area (Å²) in [5, 5.41) is -0.546. The fourth-order valence-corrected chi connectivity index (χ4v) is 1.82. The first-order chi connectivity index (χ1) is 8.91. The Bertz CT molecular complexity index is 444. The van der Waals surface area contributed by atoms with Gasteiger partial charge < -0.3 is 14.2 Å². The predicted octanol–water partition coefficient (Wildman–Crippen LogP) is 2.94. The van der Waals surface area contributed by atoms with Gasteiger partial charge in [0.05, 0.1) is 21.3 Å². The molecule has 0 aliphatic rings. The topological polar surface area (TPSA) is 44.8 Å². The van der Waals surface area contributed by atoms with Crippen LogP contribution in [0.4, 0.5) is 0 Å². The summed E-state index contributed by atoms with van der Waals surface area (Å²) >= 11 is 0. The second-order valence-electron chi connectivity index (χ2n) is 4.51. The Hall–Kier alpha value is -1.28. The van der Waals surface area contributed by atoms with Gasteiger partial charge in [-0.25, -0.2) is 0 Å². The SMILES string of the molecule is CCC(C)(P)C(=O)c1c(OC)cc(OC)cc1OC. The number of Topliss-reactive ketones (excluding diaryl/α,β-unsaturated/α-hetero) is 1. The van der Waals surface area contributed by atoms with E-state index in [0.717, 1.165) is 0 Å². The number of hydrogen-bond donors (Lipinski definition) is 0. The van der Waals surface area contributed by atoms with E-state index in [0.29, 0.717) is 29.2 Å². The lowest BCUT2D eigenvalue weighted by Crippen LogP contribution is -2.28. The highest BCUT2D eigenvalue weighted by atomic mass is 31.0. The van der Waals surface area contributed by atoms with Gasteiger partial charge in [-0.1, -0.05) is 6.92 Å². The number of hydrogen-bond acceptors (Lipinski definition) is 4. The van der Waals surface area contributed by atoms with Crippen LogP contribution >= 0.6 is 9.24 Å². The maximum absolute atomic E-state index is 12.6. The molecule has 0 heterocycles. The lowest BCUT2D eigenvalue weighted by molar-refractivity contribution is 0.0941. The van der Waals surface area contributed by atoms with E-state index >= 15 is 0 Å². The molecule has 0 amide bonds. The van der Waals surface area contributed by atoms with E-state index in [2.05, 4.69) is 9.24 Å². The van der Waals surface area contributed by atoms with E-state index in [9.17, 15) is 4.79 Å². The van der Waals surface area contributed by atoms with Gasteiger partial charge in [0.15, 0.2) is 5.78 Å². The number of methoxy groups -OCH3 is 3. The number of benzene rings is 1. The van der Waals surface area contributed by atoms with Gasteiger partial charge in [0.25, 0.3) is 0 Å². The molecule has 1 aromatic carbocycles. The van der Waals surface area contributed by atoms with Crippen molar-refractivity contribution < 1.29 is 19.0 Å². The molecule has 1 aromatic rings. The third-order valence-electron chi connectivity index (χ3n) is 3.20. The van der Waals surface area contributed by atoms with Gasteiger partial charge in [-0.05, 0) is 13.3 Å². The molecule has 0 N–H and O–H groups in total. The van der Waals surface area contributed by atoms with Gasteiger partial charge in [0, 0.05) is 17.3 Å². The fourth-order valence-electron chi connectivity index (χ4n) is 1.68. The van der Waals surface area contributed by atoms with Crippen LogP contribution in [0.2, 0.25) is 0 Å². The predicted molar refractivity (Wildman–Crippen MR) is 78.8 cm³/mol. The minimum atomic E-state index is -0.546. The van der Waals surface area contributed by atoms with Gasteiger partial charge in [-0.2, -0.15) is 0 Å². The Morgan fingerprint density at radius 1 is 1.16 bits per heavy atom. The van der Waals surface area contributed by atoms with Crippen molar-refractivity contribution in [1.82, 2.24) is 0 Å². The van der Waals surface area contributed by atoms with Gasteiger partial charge in [0.2, 0.25) is 0 Å². The summed E-state index contributed by atoms with van der Waals surface area (Å²) in [7, 11) is 7.21. The quantitative estimate of drug-likeness (QED) is 0.595. The number of rotatable bonds is 6. The maximum Gasteiger partial charge on any atom is 0.179 e. The van der Waals surface area contributed by atoms with Gasteiger partial charge in [-0.15, -0.1) is 9.24 Å². The van der Waals surface area contributed by atoms with Crippen LogP contribution in [-0.2, 0) is 0 Å². The molecule has 0 saturated carbocycles. The van der Waals surface area contributed by atoms with E-state index in [-0.39, 0.29) is 5.78 Å². The number of carbonyl (C=O) groups is 1. The molecule has 2 atom stereocenters. The molecular formula is C14H21O4P. The zero-order chi connectivity index (χ0) is 14.6. The highest BCUT2D eigenvalue weighted by Crippen LogP contribution is 2.39. The molecular weight excluding hydrogens is 263 g/mol. The van der Waals surface area contributed by atoms with E-state index in [1.165, 1.54) is 14.2 Å².